The van der Waals surface area contributed by atoms with E-state index in [-0.39, 0.29) is 18.0 Å². The second kappa shape index (κ2) is 5.41. The first-order valence-corrected chi connectivity index (χ1v) is 7.34. The van der Waals surface area contributed by atoms with Gasteiger partial charge in [-0.2, -0.15) is 0 Å². The maximum Gasteiger partial charge on any atom is 0.338 e. The van der Waals surface area contributed by atoms with E-state index in [0.717, 1.165) is 12.8 Å². The standard InChI is InChI=1S/C17H20O3/c1-2-9-20-17(19)12-5-3-11(4-6-12)15-10-13-7-8-14(15)16(13)18/h3-8,13-16,18H,2,9-10H2,1H3. The van der Waals surface area contributed by atoms with Crippen molar-refractivity contribution in [3.8, 4) is 0 Å². The van der Waals surface area contributed by atoms with Gasteiger partial charge in [0.2, 0.25) is 0 Å². The summed E-state index contributed by atoms with van der Waals surface area (Å²) in [5, 5.41) is 10.1. The Balaban J connectivity index is 1.71. The number of benzene rings is 1. The van der Waals surface area contributed by atoms with Crippen LogP contribution in [0.25, 0.3) is 0 Å². The van der Waals surface area contributed by atoms with E-state index < -0.39 is 0 Å². The van der Waals surface area contributed by atoms with Crippen LogP contribution in [-0.2, 0) is 4.74 Å². The van der Waals surface area contributed by atoms with Gasteiger partial charge in [-0.15, -0.1) is 0 Å². The lowest BCUT2D eigenvalue weighted by Gasteiger charge is -2.18. The lowest BCUT2D eigenvalue weighted by atomic mass is 9.86. The third-order valence-electron chi connectivity index (χ3n) is 4.42. The van der Waals surface area contributed by atoms with Crippen molar-refractivity contribution in [3.63, 3.8) is 0 Å². The summed E-state index contributed by atoms with van der Waals surface area (Å²) in [5.41, 5.74) is 1.80. The number of ether oxygens (including phenoxy) is 1. The first-order valence-electron chi connectivity index (χ1n) is 7.34. The van der Waals surface area contributed by atoms with E-state index in [4.69, 9.17) is 4.74 Å². The van der Waals surface area contributed by atoms with Crippen molar-refractivity contribution >= 4 is 5.97 Å². The van der Waals surface area contributed by atoms with Crippen molar-refractivity contribution in [1.82, 2.24) is 0 Å². The van der Waals surface area contributed by atoms with Crippen LogP contribution in [0.3, 0.4) is 0 Å². The Morgan fingerprint density at radius 2 is 2.05 bits per heavy atom. The van der Waals surface area contributed by atoms with E-state index in [2.05, 4.69) is 12.2 Å². The zero-order valence-electron chi connectivity index (χ0n) is 11.7. The number of carbonyl (C=O) groups excluding carboxylic acids is 1. The fraction of sp³-hybridized carbons (Fsp3) is 0.471. The average Bonchev–Trinajstić information content (AvgIpc) is 3.00. The van der Waals surface area contributed by atoms with Crippen LogP contribution in [0.2, 0.25) is 0 Å². The third kappa shape index (κ3) is 2.27. The predicted octanol–water partition coefficient (Wildman–Crippen LogP) is 2.90. The molecule has 3 rings (SSSR count). The van der Waals surface area contributed by atoms with Crippen LogP contribution in [0.1, 0.15) is 41.6 Å². The van der Waals surface area contributed by atoms with E-state index in [1.165, 1.54) is 5.56 Å². The van der Waals surface area contributed by atoms with Crippen LogP contribution in [0.4, 0.5) is 0 Å². The molecule has 2 bridgehead atoms. The molecule has 2 aliphatic rings. The number of carbonyl (C=O) groups is 1. The summed E-state index contributed by atoms with van der Waals surface area (Å²) in [5.74, 6) is 0.657. The molecule has 4 unspecified atom stereocenters. The highest BCUT2D eigenvalue weighted by Crippen LogP contribution is 2.48. The smallest absolute Gasteiger partial charge is 0.338 e. The molecule has 106 valence electrons. The van der Waals surface area contributed by atoms with E-state index in [1.54, 1.807) is 0 Å². The molecule has 3 heteroatoms. The lowest BCUT2D eigenvalue weighted by molar-refractivity contribution is 0.0505. The van der Waals surface area contributed by atoms with Crippen LogP contribution in [-0.4, -0.2) is 23.8 Å². The highest BCUT2D eigenvalue weighted by Gasteiger charge is 2.44. The highest BCUT2D eigenvalue weighted by molar-refractivity contribution is 5.89. The Morgan fingerprint density at radius 3 is 2.60 bits per heavy atom. The Labute approximate surface area is 119 Å². The molecule has 0 aliphatic heterocycles. The molecular weight excluding hydrogens is 252 g/mol. The summed E-state index contributed by atoms with van der Waals surface area (Å²) in [6.07, 6.45) is 5.87. The third-order valence-corrected chi connectivity index (χ3v) is 4.42. The first kappa shape index (κ1) is 13.4. The number of aliphatic hydroxyl groups excluding tert-OH is 1. The first-order chi connectivity index (χ1) is 9.70. The second-order valence-corrected chi connectivity index (χ2v) is 5.72. The van der Waals surface area contributed by atoms with Gasteiger partial charge in [0.25, 0.3) is 0 Å². The van der Waals surface area contributed by atoms with Crippen LogP contribution in [0, 0.1) is 11.8 Å². The number of hydrogen-bond acceptors (Lipinski definition) is 3. The maximum absolute atomic E-state index is 11.7. The van der Waals surface area contributed by atoms with Gasteiger partial charge in [0, 0.05) is 11.8 Å². The normalized spacial score (nSPS) is 30.7. The molecular formula is C17H20O3. The Kier molecular flexibility index (Phi) is 3.62. The van der Waals surface area contributed by atoms with Crippen molar-refractivity contribution in [1.29, 1.82) is 0 Å². The molecule has 0 spiro atoms. The lowest BCUT2D eigenvalue weighted by Crippen LogP contribution is -2.15. The number of rotatable bonds is 4. The van der Waals surface area contributed by atoms with Gasteiger partial charge in [0.1, 0.15) is 0 Å². The van der Waals surface area contributed by atoms with Crippen LogP contribution < -0.4 is 0 Å². The Hall–Kier alpha value is -1.61. The number of esters is 1. The van der Waals surface area contributed by atoms with Gasteiger partial charge in [-0.1, -0.05) is 31.2 Å². The molecule has 20 heavy (non-hydrogen) atoms. The molecule has 1 fully saturated rings. The van der Waals surface area contributed by atoms with Crippen molar-refractivity contribution in [2.24, 2.45) is 11.8 Å². The summed E-state index contributed by atoms with van der Waals surface area (Å²) in [7, 11) is 0. The second-order valence-electron chi connectivity index (χ2n) is 5.72. The maximum atomic E-state index is 11.7. The summed E-state index contributed by atoms with van der Waals surface area (Å²) in [4.78, 5) is 11.7. The van der Waals surface area contributed by atoms with Gasteiger partial charge in [-0.25, -0.2) is 4.79 Å². The zero-order chi connectivity index (χ0) is 14.1. The van der Waals surface area contributed by atoms with Gasteiger partial charge in [0.05, 0.1) is 18.3 Å². The highest BCUT2D eigenvalue weighted by atomic mass is 16.5. The fourth-order valence-electron chi connectivity index (χ4n) is 3.33. The Bertz CT molecular complexity index is 518. The number of aliphatic hydroxyl groups is 1. The fourth-order valence-corrected chi connectivity index (χ4v) is 3.33. The van der Waals surface area contributed by atoms with Crippen molar-refractivity contribution in [3.05, 3.63) is 47.5 Å². The molecule has 0 radical (unpaired) electrons. The number of hydrogen-bond donors (Lipinski definition) is 1. The quantitative estimate of drug-likeness (QED) is 0.677. The van der Waals surface area contributed by atoms with Crippen LogP contribution >= 0.6 is 0 Å². The molecule has 3 nitrogen and oxygen atoms in total. The molecule has 0 amide bonds. The van der Waals surface area contributed by atoms with Gasteiger partial charge >= 0.3 is 5.97 Å². The van der Waals surface area contributed by atoms with Gasteiger partial charge in [-0.3, -0.25) is 0 Å². The molecule has 1 saturated carbocycles. The largest absolute Gasteiger partial charge is 0.462 e. The van der Waals surface area contributed by atoms with Crippen LogP contribution in [0.15, 0.2) is 36.4 Å². The van der Waals surface area contributed by atoms with Crippen molar-refractivity contribution < 1.29 is 14.6 Å². The molecule has 1 N–H and O–H groups in total. The number of fused-ring (bicyclic) bond motifs is 2. The topological polar surface area (TPSA) is 46.5 Å². The summed E-state index contributed by atoms with van der Waals surface area (Å²) < 4.78 is 5.12. The van der Waals surface area contributed by atoms with Crippen LogP contribution in [0.5, 0.6) is 0 Å². The van der Waals surface area contributed by atoms with E-state index >= 15 is 0 Å². The molecule has 4 atom stereocenters. The zero-order valence-corrected chi connectivity index (χ0v) is 11.7. The SMILES string of the molecule is CCCOC(=O)c1ccc(C2CC3C=CC2C3O)cc1. The van der Waals surface area contributed by atoms with Crippen molar-refractivity contribution in [2.45, 2.75) is 31.8 Å². The van der Waals surface area contributed by atoms with Gasteiger partial charge in [0.15, 0.2) is 0 Å². The minimum Gasteiger partial charge on any atom is -0.462 e. The summed E-state index contributed by atoms with van der Waals surface area (Å²) in [6.45, 7) is 2.44. The molecule has 1 aromatic carbocycles. The molecule has 0 saturated heterocycles. The molecule has 0 heterocycles. The average molecular weight is 272 g/mol. The minimum absolute atomic E-state index is 0.228. The summed E-state index contributed by atoms with van der Waals surface area (Å²) in [6, 6.07) is 7.65. The predicted molar refractivity (Wildman–Crippen MR) is 76.5 cm³/mol. The Morgan fingerprint density at radius 1 is 1.30 bits per heavy atom. The molecule has 0 aromatic heterocycles. The van der Waals surface area contributed by atoms with E-state index in [0.29, 0.717) is 24.0 Å². The molecule has 2 aliphatic carbocycles. The van der Waals surface area contributed by atoms with Crippen molar-refractivity contribution in [2.75, 3.05) is 6.61 Å². The van der Waals surface area contributed by atoms with E-state index in [1.807, 2.05) is 31.2 Å². The van der Waals surface area contributed by atoms with Gasteiger partial charge in [-0.05, 0) is 36.5 Å². The van der Waals surface area contributed by atoms with Gasteiger partial charge < -0.3 is 9.84 Å². The van der Waals surface area contributed by atoms with E-state index in [9.17, 15) is 9.90 Å². The molecule has 1 aromatic rings. The minimum atomic E-state index is -0.258. The monoisotopic (exact) mass is 272 g/mol. The summed E-state index contributed by atoms with van der Waals surface area (Å²) >= 11 is 0.